The molecule has 1 aliphatic rings. The van der Waals surface area contributed by atoms with Crippen molar-refractivity contribution in [1.82, 2.24) is 24.5 Å². The van der Waals surface area contributed by atoms with Crippen LogP contribution in [0.2, 0.25) is 0 Å². The van der Waals surface area contributed by atoms with Crippen molar-refractivity contribution in [1.29, 1.82) is 0 Å². The topological polar surface area (TPSA) is 79.0 Å². The molecule has 5 rings (SSSR count). The number of aryl methyl sites for hydroxylation is 1. The first-order chi connectivity index (χ1) is 15.6. The van der Waals surface area contributed by atoms with Gasteiger partial charge in [0.25, 0.3) is 0 Å². The number of nitrogens with zero attached hydrogens (tertiary/aromatic N) is 5. The Bertz CT molecular complexity index is 1270. The van der Waals surface area contributed by atoms with Gasteiger partial charge in [-0.25, -0.2) is 9.67 Å². The maximum atomic E-state index is 5.53. The first kappa shape index (κ1) is 20.1. The Labute approximate surface area is 186 Å². The minimum absolute atomic E-state index is 0.637. The lowest BCUT2D eigenvalue weighted by Gasteiger charge is -2.10. The summed E-state index contributed by atoms with van der Waals surface area (Å²) in [5.74, 6) is 2.68. The molecule has 32 heavy (non-hydrogen) atoms. The monoisotopic (exact) mass is 430 g/mol. The highest BCUT2D eigenvalue weighted by Gasteiger charge is 2.27. The van der Waals surface area contributed by atoms with Crippen LogP contribution in [0, 0.1) is 0 Å². The second-order valence-corrected chi connectivity index (χ2v) is 7.79. The lowest BCUT2D eigenvalue weighted by Crippen LogP contribution is -2.03. The van der Waals surface area contributed by atoms with E-state index in [2.05, 4.69) is 5.32 Å². The maximum absolute atomic E-state index is 5.53. The summed E-state index contributed by atoms with van der Waals surface area (Å²) < 4.78 is 14.8. The second-order valence-electron chi connectivity index (χ2n) is 7.79. The molecule has 164 valence electrons. The van der Waals surface area contributed by atoms with Gasteiger partial charge in [0.05, 0.1) is 19.9 Å². The van der Waals surface area contributed by atoms with E-state index in [4.69, 9.17) is 24.7 Å². The molecule has 1 aliphatic carbocycles. The molecular weight excluding hydrogens is 404 g/mol. The number of rotatable bonds is 6. The zero-order valence-corrected chi connectivity index (χ0v) is 18.7. The third-order valence-corrected chi connectivity index (χ3v) is 5.98. The minimum atomic E-state index is 0.637. The Hall–Kier alpha value is -3.81. The Kier molecular flexibility index (Phi) is 5.05. The Morgan fingerprint density at radius 2 is 1.72 bits per heavy atom. The fourth-order valence-electron chi connectivity index (χ4n) is 4.30. The second kappa shape index (κ2) is 8.03. The van der Waals surface area contributed by atoms with E-state index in [-0.39, 0.29) is 0 Å². The molecule has 8 nitrogen and oxygen atoms in total. The predicted octanol–water partition coefficient (Wildman–Crippen LogP) is 3.88. The summed E-state index contributed by atoms with van der Waals surface area (Å²) in [5, 5.41) is 12.9. The first-order valence-electron chi connectivity index (χ1n) is 10.7. The molecule has 0 saturated carbocycles. The number of methoxy groups -OCH3 is 2. The standard InChI is InChI=1S/C24H26N6O2/c1-25-16-10-8-15(9-11-16)23-26-24(22-18-6-5-7-19(18)29(2)27-22)30(28-23)17-12-13-20(31-3)21(14-17)32-4/h8-14,25H,5-7H2,1-4H3. The van der Waals surface area contributed by atoms with Gasteiger partial charge in [0, 0.05) is 42.7 Å². The molecule has 0 bridgehead atoms. The van der Waals surface area contributed by atoms with Crippen molar-refractivity contribution in [2.75, 3.05) is 26.6 Å². The minimum Gasteiger partial charge on any atom is -0.493 e. The number of anilines is 1. The molecule has 2 aromatic carbocycles. The molecule has 0 radical (unpaired) electrons. The summed E-state index contributed by atoms with van der Waals surface area (Å²) in [6.45, 7) is 0. The van der Waals surface area contributed by atoms with Gasteiger partial charge >= 0.3 is 0 Å². The van der Waals surface area contributed by atoms with Crippen LogP contribution in [0.15, 0.2) is 42.5 Å². The highest BCUT2D eigenvalue weighted by molar-refractivity contribution is 5.66. The van der Waals surface area contributed by atoms with E-state index in [1.165, 1.54) is 11.3 Å². The van der Waals surface area contributed by atoms with Crippen molar-refractivity contribution in [3.05, 3.63) is 53.7 Å². The van der Waals surface area contributed by atoms with E-state index in [0.717, 1.165) is 47.7 Å². The Balaban J connectivity index is 1.69. The van der Waals surface area contributed by atoms with Crippen LogP contribution in [-0.2, 0) is 19.9 Å². The van der Waals surface area contributed by atoms with Crippen LogP contribution < -0.4 is 14.8 Å². The lowest BCUT2D eigenvalue weighted by atomic mass is 10.2. The highest BCUT2D eigenvalue weighted by atomic mass is 16.5. The zero-order chi connectivity index (χ0) is 22.2. The smallest absolute Gasteiger partial charge is 0.184 e. The van der Waals surface area contributed by atoms with E-state index in [1.54, 1.807) is 14.2 Å². The summed E-state index contributed by atoms with van der Waals surface area (Å²) in [6, 6.07) is 13.8. The molecular formula is C24H26N6O2. The van der Waals surface area contributed by atoms with Gasteiger partial charge in [-0.2, -0.15) is 5.10 Å². The fourth-order valence-corrected chi connectivity index (χ4v) is 4.30. The molecule has 1 N–H and O–H groups in total. The number of aromatic nitrogens is 5. The molecule has 2 aromatic heterocycles. The quantitative estimate of drug-likeness (QED) is 0.500. The van der Waals surface area contributed by atoms with Gasteiger partial charge in [0.1, 0.15) is 5.69 Å². The summed E-state index contributed by atoms with van der Waals surface area (Å²) in [7, 11) is 7.16. The van der Waals surface area contributed by atoms with Crippen LogP contribution in [0.25, 0.3) is 28.6 Å². The summed E-state index contributed by atoms with van der Waals surface area (Å²) in [5.41, 5.74) is 6.24. The Morgan fingerprint density at radius 3 is 2.44 bits per heavy atom. The molecule has 8 heteroatoms. The number of hydrogen-bond donors (Lipinski definition) is 1. The van der Waals surface area contributed by atoms with Gasteiger partial charge < -0.3 is 14.8 Å². The lowest BCUT2D eigenvalue weighted by molar-refractivity contribution is 0.355. The van der Waals surface area contributed by atoms with Crippen molar-refractivity contribution in [3.63, 3.8) is 0 Å². The highest BCUT2D eigenvalue weighted by Crippen LogP contribution is 2.35. The van der Waals surface area contributed by atoms with Crippen molar-refractivity contribution >= 4 is 5.69 Å². The predicted molar refractivity (Wildman–Crippen MR) is 124 cm³/mol. The van der Waals surface area contributed by atoms with Crippen LogP contribution in [0.5, 0.6) is 11.5 Å². The number of ether oxygens (including phenoxy) is 2. The maximum Gasteiger partial charge on any atom is 0.184 e. The van der Waals surface area contributed by atoms with Crippen LogP contribution in [0.3, 0.4) is 0 Å². The van der Waals surface area contributed by atoms with E-state index in [9.17, 15) is 0 Å². The van der Waals surface area contributed by atoms with Crippen LogP contribution in [0.1, 0.15) is 17.7 Å². The number of fused-ring (bicyclic) bond motifs is 1. The van der Waals surface area contributed by atoms with Gasteiger partial charge in [0.15, 0.2) is 23.1 Å². The fraction of sp³-hybridized carbons (Fsp3) is 0.292. The summed E-state index contributed by atoms with van der Waals surface area (Å²) in [6.07, 6.45) is 3.18. The molecule has 0 fully saturated rings. The summed E-state index contributed by atoms with van der Waals surface area (Å²) in [4.78, 5) is 4.96. The van der Waals surface area contributed by atoms with Gasteiger partial charge in [-0.15, -0.1) is 5.10 Å². The first-order valence-corrected chi connectivity index (χ1v) is 10.7. The zero-order valence-electron chi connectivity index (χ0n) is 18.7. The third kappa shape index (κ3) is 3.28. The van der Waals surface area contributed by atoms with E-state index < -0.39 is 0 Å². The van der Waals surface area contributed by atoms with Crippen LogP contribution in [-0.4, -0.2) is 45.8 Å². The van der Waals surface area contributed by atoms with E-state index >= 15 is 0 Å². The van der Waals surface area contributed by atoms with E-state index in [1.807, 2.05) is 65.9 Å². The van der Waals surface area contributed by atoms with Crippen molar-refractivity contribution in [2.45, 2.75) is 19.3 Å². The average Bonchev–Trinajstić information content (AvgIpc) is 3.55. The van der Waals surface area contributed by atoms with E-state index in [0.29, 0.717) is 17.3 Å². The van der Waals surface area contributed by atoms with Gasteiger partial charge in [0.2, 0.25) is 0 Å². The van der Waals surface area contributed by atoms with Crippen LogP contribution >= 0.6 is 0 Å². The molecule has 0 spiro atoms. The molecule has 0 unspecified atom stereocenters. The summed E-state index contributed by atoms with van der Waals surface area (Å²) >= 11 is 0. The molecule has 0 saturated heterocycles. The van der Waals surface area contributed by atoms with Gasteiger partial charge in [-0.05, 0) is 55.7 Å². The van der Waals surface area contributed by atoms with Gasteiger partial charge in [-0.1, -0.05) is 0 Å². The third-order valence-electron chi connectivity index (χ3n) is 5.98. The molecule has 2 heterocycles. The number of nitrogens with one attached hydrogen (secondary N) is 1. The molecule has 0 aliphatic heterocycles. The normalized spacial score (nSPS) is 12.6. The van der Waals surface area contributed by atoms with Crippen molar-refractivity contribution < 1.29 is 9.47 Å². The molecule has 0 atom stereocenters. The molecule has 4 aromatic rings. The van der Waals surface area contributed by atoms with Crippen molar-refractivity contribution in [2.24, 2.45) is 7.05 Å². The molecule has 0 amide bonds. The van der Waals surface area contributed by atoms with Crippen molar-refractivity contribution in [3.8, 4) is 40.1 Å². The van der Waals surface area contributed by atoms with Crippen LogP contribution in [0.4, 0.5) is 5.69 Å². The average molecular weight is 431 g/mol. The Morgan fingerprint density at radius 1 is 0.938 bits per heavy atom. The van der Waals surface area contributed by atoms with Gasteiger partial charge in [-0.3, -0.25) is 4.68 Å². The largest absolute Gasteiger partial charge is 0.493 e. The number of benzene rings is 2. The SMILES string of the molecule is CNc1ccc(-c2nc(-c3nn(C)c4c3CCC4)n(-c3ccc(OC)c(OC)c3)n2)cc1. The number of hydrogen-bond acceptors (Lipinski definition) is 6.